The highest BCUT2D eigenvalue weighted by molar-refractivity contribution is 7.80. The fourth-order valence-electron chi connectivity index (χ4n) is 2.11. The van der Waals surface area contributed by atoms with Gasteiger partial charge in [0.05, 0.1) is 6.04 Å². The first-order chi connectivity index (χ1) is 10.1. The lowest BCUT2D eigenvalue weighted by atomic mass is 10.0. The molecule has 4 heteroatoms. The summed E-state index contributed by atoms with van der Waals surface area (Å²) in [5.41, 5.74) is 3.38. The SMILES string of the molecule is CC[C@@H](NC(=S)Nc1cccc(Cl)c1)c1ccc(C)cc1. The number of benzene rings is 2. The predicted molar refractivity (Wildman–Crippen MR) is 95.0 cm³/mol. The van der Waals surface area contributed by atoms with Crippen molar-refractivity contribution in [2.24, 2.45) is 0 Å². The van der Waals surface area contributed by atoms with Crippen LogP contribution in [0.5, 0.6) is 0 Å². The van der Waals surface area contributed by atoms with E-state index in [4.69, 9.17) is 23.8 Å². The van der Waals surface area contributed by atoms with Crippen LogP contribution in [0.15, 0.2) is 48.5 Å². The van der Waals surface area contributed by atoms with Crippen molar-refractivity contribution >= 4 is 34.6 Å². The quantitative estimate of drug-likeness (QED) is 0.768. The van der Waals surface area contributed by atoms with Gasteiger partial charge in [-0.05, 0) is 49.3 Å². The molecule has 0 aliphatic carbocycles. The Kier molecular flexibility index (Phi) is 5.59. The molecule has 2 nitrogen and oxygen atoms in total. The summed E-state index contributed by atoms with van der Waals surface area (Å²) in [6.45, 7) is 4.23. The topological polar surface area (TPSA) is 24.1 Å². The maximum Gasteiger partial charge on any atom is 0.171 e. The van der Waals surface area contributed by atoms with Crippen LogP contribution < -0.4 is 10.6 Å². The Morgan fingerprint density at radius 1 is 1.19 bits per heavy atom. The number of nitrogens with one attached hydrogen (secondary N) is 2. The summed E-state index contributed by atoms with van der Waals surface area (Å²) in [6, 6.07) is 16.2. The molecule has 0 aromatic heterocycles. The Balaban J connectivity index is 2.01. The number of aryl methyl sites for hydroxylation is 1. The molecule has 0 bridgehead atoms. The molecule has 0 spiro atoms. The second kappa shape index (κ2) is 7.43. The van der Waals surface area contributed by atoms with E-state index >= 15 is 0 Å². The molecule has 0 saturated heterocycles. The van der Waals surface area contributed by atoms with Crippen molar-refractivity contribution in [2.45, 2.75) is 26.3 Å². The molecule has 0 unspecified atom stereocenters. The molecule has 2 aromatic rings. The van der Waals surface area contributed by atoms with E-state index < -0.39 is 0 Å². The first-order valence-corrected chi connectivity index (χ1v) is 7.76. The van der Waals surface area contributed by atoms with E-state index in [0.29, 0.717) is 10.1 Å². The van der Waals surface area contributed by atoms with Crippen LogP contribution in [0.4, 0.5) is 5.69 Å². The van der Waals surface area contributed by atoms with Crippen molar-refractivity contribution in [3.05, 3.63) is 64.7 Å². The average Bonchev–Trinajstić information content (AvgIpc) is 2.46. The Bertz CT molecular complexity index is 610. The van der Waals surface area contributed by atoms with Crippen LogP contribution in [0.2, 0.25) is 5.02 Å². The summed E-state index contributed by atoms with van der Waals surface area (Å²) in [5, 5.41) is 7.80. The molecule has 0 heterocycles. The van der Waals surface area contributed by atoms with Crippen LogP contribution in [-0.4, -0.2) is 5.11 Å². The van der Waals surface area contributed by atoms with Crippen LogP contribution in [0, 0.1) is 6.92 Å². The summed E-state index contributed by atoms with van der Waals surface area (Å²) in [6.07, 6.45) is 0.959. The smallest absolute Gasteiger partial charge is 0.171 e. The highest BCUT2D eigenvalue weighted by Crippen LogP contribution is 2.18. The molecule has 110 valence electrons. The van der Waals surface area contributed by atoms with Crippen molar-refractivity contribution in [3.63, 3.8) is 0 Å². The zero-order chi connectivity index (χ0) is 15.2. The van der Waals surface area contributed by atoms with Gasteiger partial charge in [-0.1, -0.05) is 54.4 Å². The third kappa shape index (κ3) is 4.73. The normalized spacial score (nSPS) is 11.8. The summed E-state index contributed by atoms with van der Waals surface area (Å²) in [5.74, 6) is 0. The predicted octanol–water partition coefficient (Wildman–Crippen LogP) is 5.09. The lowest BCUT2D eigenvalue weighted by molar-refractivity contribution is 0.629. The van der Waals surface area contributed by atoms with Gasteiger partial charge in [-0.25, -0.2) is 0 Å². The first kappa shape index (κ1) is 15.8. The third-order valence-corrected chi connectivity index (χ3v) is 3.73. The maximum atomic E-state index is 5.97. The zero-order valence-corrected chi connectivity index (χ0v) is 13.8. The molecule has 2 N–H and O–H groups in total. The van der Waals surface area contributed by atoms with Crippen molar-refractivity contribution in [1.29, 1.82) is 0 Å². The molecular weight excluding hydrogens is 300 g/mol. The van der Waals surface area contributed by atoms with Crippen molar-refractivity contribution in [1.82, 2.24) is 5.32 Å². The number of hydrogen-bond acceptors (Lipinski definition) is 1. The van der Waals surface area contributed by atoms with Crippen molar-refractivity contribution in [3.8, 4) is 0 Å². The van der Waals surface area contributed by atoms with E-state index in [2.05, 4.69) is 48.7 Å². The van der Waals surface area contributed by atoms with Gasteiger partial charge in [0, 0.05) is 10.7 Å². The van der Waals surface area contributed by atoms with Crippen LogP contribution in [0.1, 0.15) is 30.5 Å². The molecule has 0 saturated carbocycles. The number of halogens is 1. The number of hydrogen-bond donors (Lipinski definition) is 2. The average molecular weight is 319 g/mol. The minimum Gasteiger partial charge on any atom is -0.356 e. The van der Waals surface area contributed by atoms with Crippen molar-refractivity contribution < 1.29 is 0 Å². The monoisotopic (exact) mass is 318 g/mol. The Hall–Kier alpha value is -1.58. The Morgan fingerprint density at radius 3 is 2.52 bits per heavy atom. The second-order valence-electron chi connectivity index (χ2n) is 4.98. The van der Waals surface area contributed by atoms with Gasteiger partial charge in [0.2, 0.25) is 0 Å². The largest absolute Gasteiger partial charge is 0.356 e. The van der Waals surface area contributed by atoms with Gasteiger partial charge < -0.3 is 10.6 Å². The van der Waals surface area contributed by atoms with Gasteiger partial charge in [-0.2, -0.15) is 0 Å². The lowest BCUT2D eigenvalue weighted by Gasteiger charge is -2.20. The minimum atomic E-state index is 0.199. The number of rotatable bonds is 4. The Labute approximate surface area is 136 Å². The number of anilines is 1. The molecule has 2 rings (SSSR count). The number of thiocarbonyl (C=S) groups is 1. The maximum absolute atomic E-state index is 5.97. The van der Waals surface area contributed by atoms with E-state index in [-0.39, 0.29) is 6.04 Å². The summed E-state index contributed by atoms with van der Waals surface area (Å²) >= 11 is 11.4. The summed E-state index contributed by atoms with van der Waals surface area (Å²) in [7, 11) is 0. The second-order valence-corrected chi connectivity index (χ2v) is 5.83. The van der Waals surface area contributed by atoms with E-state index in [9.17, 15) is 0 Å². The van der Waals surface area contributed by atoms with Gasteiger partial charge >= 0.3 is 0 Å². The van der Waals surface area contributed by atoms with Gasteiger partial charge in [-0.15, -0.1) is 0 Å². The molecule has 0 amide bonds. The van der Waals surface area contributed by atoms with Crippen LogP contribution in [0.25, 0.3) is 0 Å². The standard InChI is InChI=1S/C17H19ClN2S/c1-3-16(13-9-7-12(2)8-10-13)20-17(21)19-15-6-4-5-14(18)11-15/h4-11,16H,3H2,1-2H3,(H2,19,20,21)/t16-/m1/s1. The first-order valence-electron chi connectivity index (χ1n) is 6.98. The van der Waals surface area contributed by atoms with E-state index in [1.54, 1.807) is 0 Å². The van der Waals surface area contributed by atoms with Crippen molar-refractivity contribution in [2.75, 3.05) is 5.32 Å². The molecule has 21 heavy (non-hydrogen) atoms. The summed E-state index contributed by atoms with van der Waals surface area (Å²) < 4.78 is 0. The van der Waals surface area contributed by atoms with Gasteiger partial charge in [0.1, 0.15) is 0 Å². The van der Waals surface area contributed by atoms with E-state index in [1.807, 2.05) is 24.3 Å². The minimum absolute atomic E-state index is 0.199. The fraction of sp³-hybridized carbons (Fsp3) is 0.235. The molecule has 0 aliphatic heterocycles. The fourth-order valence-corrected chi connectivity index (χ4v) is 2.56. The Morgan fingerprint density at radius 2 is 1.90 bits per heavy atom. The molecule has 1 atom stereocenters. The third-order valence-electron chi connectivity index (χ3n) is 3.28. The summed E-state index contributed by atoms with van der Waals surface area (Å²) in [4.78, 5) is 0. The highest BCUT2D eigenvalue weighted by Gasteiger charge is 2.10. The van der Waals surface area contributed by atoms with Gasteiger partial charge in [0.15, 0.2) is 5.11 Å². The van der Waals surface area contributed by atoms with E-state index in [0.717, 1.165) is 12.1 Å². The zero-order valence-electron chi connectivity index (χ0n) is 12.2. The molecule has 0 fully saturated rings. The van der Waals surface area contributed by atoms with Gasteiger partial charge in [0.25, 0.3) is 0 Å². The molecule has 2 aromatic carbocycles. The van der Waals surface area contributed by atoms with Crippen LogP contribution >= 0.6 is 23.8 Å². The molecule has 0 aliphatic rings. The van der Waals surface area contributed by atoms with E-state index in [1.165, 1.54) is 11.1 Å². The van der Waals surface area contributed by atoms with Crippen LogP contribution in [-0.2, 0) is 0 Å². The molecule has 0 radical (unpaired) electrons. The molecular formula is C17H19ClN2S. The lowest BCUT2D eigenvalue weighted by Crippen LogP contribution is -2.32. The highest BCUT2D eigenvalue weighted by atomic mass is 35.5. The van der Waals surface area contributed by atoms with Gasteiger partial charge in [-0.3, -0.25) is 0 Å². The van der Waals surface area contributed by atoms with Crippen LogP contribution in [0.3, 0.4) is 0 Å².